The number of hydrogen-bond acceptors (Lipinski definition) is 6. The maximum atomic E-state index is 12.6. The van der Waals surface area contributed by atoms with Gasteiger partial charge in [0.1, 0.15) is 0 Å². The van der Waals surface area contributed by atoms with E-state index < -0.39 is 0 Å². The zero-order valence-electron chi connectivity index (χ0n) is 17.7. The van der Waals surface area contributed by atoms with Crippen LogP contribution in [-0.4, -0.2) is 68.6 Å². The van der Waals surface area contributed by atoms with Crippen molar-refractivity contribution in [2.75, 3.05) is 32.8 Å². The lowest BCUT2D eigenvalue weighted by molar-refractivity contribution is 0.0718. The fraction of sp³-hybridized carbons (Fsp3) is 0.591. The summed E-state index contributed by atoms with van der Waals surface area (Å²) in [6.45, 7) is 6.81. The van der Waals surface area contributed by atoms with Crippen molar-refractivity contribution < 1.29 is 14.6 Å². The van der Waals surface area contributed by atoms with Gasteiger partial charge in [0.15, 0.2) is 17.2 Å². The number of hydrogen-bond donors (Lipinski definition) is 1. The van der Waals surface area contributed by atoms with E-state index in [0.29, 0.717) is 18.1 Å². The van der Waals surface area contributed by atoms with Gasteiger partial charge in [0.05, 0.1) is 18.8 Å². The molecule has 0 radical (unpaired) electrons. The summed E-state index contributed by atoms with van der Waals surface area (Å²) in [5, 5.41) is 18.3. The summed E-state index contributed by atoms with van der Waals surface area (Å²) in [7, 11) is 0. The van der Waals surface area contributed by atoms with Crippen molar-refractivity contribution in [3.05, 3.63) is 35.7 Å². The normalized spacial score (nSPS) is 18.5. The van der Waals surface area contributed by atoms with Crippen LogP contribution in [0.25, 0.3) is 0 Å². The van der Waals surface area contributed by atoms with Gasteiger partial charge in [-0.1, -0.05) is 11.3 Å². The van der Waals surface area contributed by atoms with E-state index in [1.807, 2.05) is 34.8 Å². The molecule has 2 saturated heterocycles. The van der Waals surface area contributed by atoms with E-state index in [1.54, 1.807) is 6.07 Å². The Balaban J connectivity index is 1.31. The van der Waals surface area contributed by atoms with Crippen molar-refractivity contribution in [3.8, 4) is 11.5 Å². The molecule has 2 aliphatic rings. The number of phenolic OH excluding ortho intramolecular Hbond substituents is 1. The van der Waals surface area contributed by atoms with Crippen molar-refractivity contribution in [2.24, 2.45) is 0 Å². The Morgan fingerprint density at radius 1 is 1.17 bits per heavy atom. The molecule has 0 spiro atoms. The van der Waals surface area contributed by atoms with Gasteiger partial charge in [-0.25, -0.2) is 4.68 Å². The monoisotopic (exact) mass is 413 g/mol. The quantitative estimate of drug-likeness (QED) is 0.784. The van der Waals surface area contributed by atoms with Crippen LogP contribution < -0.4 is 4.74 Å². The van der Waals surface area contributed by atoms with Crippen LogP contribution in [0, 0.1) is 0 Å². The van der Waals surface area contributed by atoms with Gasteiger partial charge in [-0.3, -0.25) is 9.69 Å². The van der Waals surface area contributed by atoms with Gasteiger partial charge in [-0.2, -0.15) is 0 Å². The first-order chi connectivity index (χ1) is 14.6. The molecule has 4 rings (SSSR count). The zero-order valence-corrected chi connectivity index (χ0v) is 17.7. The van der Waals surface area contributed by atoms with Crippen molar-refractivity contribution >= 4 is 5.91 Å². The number of rotatable bonds is 6. The average molecular weight is 414 g/mol. The minimum absolute atomic E-state index is 0.0100. The van der Waals surface area contributed by atoms with E-state index in [9.17, 15) is 9.90 Å². The first kappa shape index (κ1) is 20.7. The van der Waals surface area contributed by atoms with Crippen LogP contribution in [0.2, 0.25) is 0 Å². The van der Waals surface area contributed by atoms with Crippen LogP contribution in [0.5, 0.6) is 11.5 Å². The smallest absolute Gasteiger partial charge is 0.276 e. The number of aromatic hydroxyl groups is 1. The molecule has 0 saturated carbocycles. The third-order valence-electron chi connectivity index (χ3n) is 6.03. The molecule has 0 atom stereocenters. The molecule has 0 unspecified atom stereocenters. The van der Waals surface area contributed by atoms with Gasteiger partial charge < -0.3 is 14.7 Å². The number of phenols is 1. The van der Waals surface area contributed by atoms with Crippen molar-refractivity contribution in [2.45, 2.75) is 51.6 Å². The molecule has 0 bridgehead atoms. The first-order valence-corrected chi connectivity index (χ1v) is 11.0. The summed E-state index contributed by atoms with van der Waals surface area (Å²) < 4.78 is 7.37. The maximum Gasteiger partial charge on any atom is 0.276 e. The molecular formula is C22H31N5O3. The number of carbonyl (C=O) groups excluding carboxylic acids is 1. The second-order valence-electron chi connectivity index (χ2n) is 8.18. The van der Waals surface area contributed by atoms with Gasteiger partial charge in [0.2, 0.25) is 0 Å². The molecule has 8 heteroatoms. The molecule has 162 valence electrons. The molecule has 0 aliphatic carbocycles. The summed E-state index contributed by atoms with van der Waals surface area (Å²) in [5.74, 6) is 0.731. The number of nitrogens with zero attached hydrogens (tertiary/aromatic N) is 5. The Kier molecular flexibility index (Phi) is 6.52. The third kappa shape index (κ3) is 4.75. The lowest BCUT2D eigenvalue weighted by Crippen LogP contribution is -2.36. The van der Waals surface area contributed by atoms with Crippen LogP contribution in [0.15, 0.2) is 24.4 Å². The highest BCUT2D eigenvalue weighted by atomic mass is 16.5. The maximum absolute atomic E-state index is 12.6. The predicted octanol–water partition coefficient (Wildman–Crippen LogP) is 2.85. The number of carbonyl (C=O) groups is 1. The van der Waals surface area contributed by atoms with Crippen molar-refractivity contribution in [1.29, 1.82) is 0 Å². The summed E-state index contributed by atoms with van der Waals surface area (Å²) in [6, 6.07) is 5.83. The van der Waals surface area contributed by atoms with Gasteiger partial charge in [-0.05, 0) is 56.7 Å². The summed E-state index contributed by atoms with van der Waals surface area (Å²) in [6.07, 6.45) is 7.11. The minimum Gasteiger partial charge on any atom is -0.504 e. The highest BCUT2D eigenvalue weighted by molar-refractivity contribution is 5.91. The number of amides is 1. The lowest BCUT2D eigenvalue weighted by Gasteiger charge is -2.31. The number of aromatic nitrogens is 3. The standard InChI is InChI=1S/C22H31N5O3/c1-2-30-21-14-17(6-7-20(21)28)15-25-12-8-18(9-13-25)27-16-19(23-24-27)22(29)26-10-4-3-5-11-26/h6-7,14,16,18,28H,2-5,8-13,15H2,1H3. The van der Waals surface area contributed by atoms with Crippen molar-refractivity contribution in [3.63, 3.8) is 0 Å². The SMILES string of the molecule is CCOc1cc(CN2CCC(n3cc(C(=O)N4CCCCC4)nn3)CC2)ccc1O. The van der Waals surface area contributed by atoms with E-state index in [2.05, 4.69) is 15.2 Å². The highest BCUT2D eigenvalue weighted by Gasteiger charge is 2.25. The molecule has 1 amide bonds. The van der Waals surface area contributed by atoms with Crippen molar-refractivity contribution in [1.82, 2.24) is 24.8 Å². The van der Waals surface area contributed by atoms with E-state index in [0.717, 1.165) is 64.0 Å². The number of benzene rings is 1. The molecule has 3 heterocycles. The van der Waals surface area contributed by atoms with Crippen LogP contribution >= 0.6 is 0 Å². The second-order valence-corrected chi connectivity index (χ2v) is 8.18. The van der Waals surface area contributed by atoms with Crippen LogP contribution in [0.3, 0.4) is 0 Å². The predicted molar refractivity (Wildman–Crippen MR) is 113 cm³/mol. The van der Waals surface area contributed by atoms with Crippen LogP contribution in [0.4, 0.5) is 0 Å². The molecule has 2 aliphatic heterocycles. The minimum atomic E-state index is 0.0100. The Bertz CT molecular complexity index is 854. The number of likely N-dealkylation sites (tertiary alicyclic amines) is 2. The fourth-order valence-electron chi connectivity index (χ4n) is 4.34. The molecule has 1 aromatic carbocycles. The van der Waals surface area contributed by atoms with E-state index in [-0.39, 0.29) is 17.7 Å². The van der Waals surface area contributed by atoms with Gasteiger partial charge >= 0.3 is 0 Å². The number of piperidine rings is 2. The molecule has 2 fully saturated rings. The zero-order chi connectivity index (χ0) is 20.9. The van der Waals surface area contributed by atoms with E-state index >= 15 is 0 Å². The third-order valence-corrected chi connectivity index (χ3v) is 6.03. The molecular weight excluding hydrogens is 382 g/mol. The largest absolute Gasteiger partial charge is 0.504 e. The molecule has 1 aromatic heterocycles. The average Bonchev–Trinajstić information content (AvgIpc) is 3.27. The Morgan fingerprint density at radius 2 is 1.93 bits per heavy atom. The highest BCUT2D eigenvalue weighted by Crippen LogP contribution is 2.29. The summed E-state index contributed by atoms with van der Waals surface area (Å²) >= 11 is 0. The molecule has 8 nitrogen and oxygen atoms in total. The van der Waals surface area contributed by atoms with Gasteiger partial charge in [0, 0.05) is 32.7 Å². The van der Waals surface area contributed by atoms with Gasteiger partial charge in [-0.15, -0.1) is 5.10 Å². The van der Waals surface area contributed by atoms with Crippen LogP contribution in [-0.2, 0) is 6.54 Å². The first-order valence-electron chi connectivity index (χ1n) is 11.0. The second kappa shape index (κ2) is 9.47. The summed E-state index contributed by atoms with van der Waals surface area (Å²) in [4.78, 5) is 16.9. The Hall–Kier alpha value is -2.61. The van der Waals surface area contributed by atoms with E-state index in [1.165, 1.54) is 6.42 Å². The molecule has 30 heavy (non-hydrogen) atoms. The molecule has 2 aromatic rings. The Morgan fingerprint density at radius 3 is 2.67 bits per heavy atom. The fourth-order valence-corrected chi connectivity index (χ4v) is 4.34. The van der Waals surface area contributed by atoms with Crippen LogP contribution in [0.1, 0.15) is 61.1 Å². The van der Waals surface area contributed by atoms with Gasteiger partial charge in [0.25, 0.3) is 5.91 Å². The number of ether oxygens (including phenoxy) is 1. The summed E-state index contributed by atoms with van der Waals surface area (Å²) in [5.41, 5.74) is 1.59. The Labute approximate surface area is 177 Å². The lowest BCUT2D eigenvalue weighted by atomic mass is 10.0. The molecule has 1 N–H and O–H groups in total. The topological polar surface area (TPSA) is 83.7 Å². The van der Waals surface area contributed by atoms with E-state index in [4.69, 9.17) is 4.74 Å².